The number of aliphatic hydroxyl groups is 2. The Labute approximate surface area is 273 Å². The van der Waals surface area contributed by atoms with Gasteiger partial charge in [-0.3, -0.25) is 9.36 Å². The number of nitrogens with zero attached hydrogens (tertiary/aromatic N) is 2. The lowest BCUT2D eigenvalue weighted by atomic mass is 10.0. The largest absolute Gasteiger partial charge is 0.463 e. The van der Waals surface area contributed by atoms with Crippen LogP contribution in [-0.2, 0) is 14.3 Å². The van der Waals surface area contributed by atoms with Gasteiger partial charge in [-0.2, -0.15) is 0 Å². The average Bonchev–Trinajstić information content (AvgIpc) is 3.27. The summed E-state index contributed by atoms with van der Waals surface area (Å²) in [6.45, 7) is 2.02. The predicted molar refractivity (Wildman–Crippen MR) is 179 cm³/mol. The number of hydrogen-bond acceptors (Lipinski definition) is 8. The monoisotopic (exact) mass is 646 g/mol. The Morgan fingerprint density at radius 3 is 1.77 bits per heavy atom. The van der Waals surface area contributed by atoms with Crippen molar-refractivity contribution in [2.45, 2.75) is 173 Å². The van der Waals surface area contributed by atoms with E-state index < -0.39 is 36.9 Å². The highest BCUT2D eigenvalue weighted by atomic mass is 35.5. The van der Waals surface area contributed by atoms with Crippen molar-refractivity contribution in [3.8, 4) is 0 Å². The van der Waals surface area contributed by atoms with E-state index in [1.54, 1.807) is 0 Å². The molecule has 0 radical (unpaired) electrons. The standard InChI is InChI=1S/C33H59N3O5S.ClH/c1-2-3-4-5-6-7-8-9-10-11-12-13-14-15-16-17-18-19-20-21-22-23-29(37)40-26-27-30(38)31(39)32(41-27)36-25-24-28(34)35-33(36)42;/h24-25,27,30-32,38-39H,2-23,26H2,1H3,(H2,34,35,42);1H/t27-,30-,31+,32?;/m1./s1/i23D;/t23?,27-,30-,31+,32?;. The number of unbranched alkanes of at least 4 members (excludes halogenated alkanes) is 19. The van der Waals surface area contributed by atoms with Crippen molar-refractivity contribution in [2.24, 2.45) is 0 Å². The summed E-state index contributed by atoms with van der Waals surface area (Å²) in [5.41, 5.74) is 5.62. The van der Waals surface area contributed by atoms with E-state index in [1.807, 2.05) is 0 Å². The summed E-state index contributed by atoms with van der Waals surface area (Å²) in [5.74, 6) is -0.404. The highest BCUT2D eigenvalue weighted by molar-refractivity contribution is 7.71. The van der Waals surface area contributed by atoms with E-state index in [0.717, 1.165) is 19.3 Å². The molecule has 2 rings (SSSR count). The molecule has 5 atom stereocenters. The van der Waals surface area contributed by atoms with Gasteiger partial charge < -0.3 is 25.4 Å². The zero-order valence-electron chi connectivity index (χ0n) is 27.5. The fourth-order valence-electron chi connectivity index (χ4n) is 5.56. The molecule has 8 nitrogen and oxygen atoms in total. The molecule has 0 aromatic carbocycles. The highest BCUT2D eigenvalue weighted by Crippen LogP contribution is 2.30. The molecule has 0 bridgehead atoms. The zero-order valence-corrected chi connectivity index (χ0v) is 28.1. The van der Waals surface area contributed by atoms with Crippen molar-refractivity contribution in [1.82, 2.24) is 9.55 Å². The number of hydrogen-bond donors (Lipinski definition) is 3. The van der Waals surface area contributed by atoms with Crippen molar-refractivity contribution in [3.05, 3.63) is 17.0 Å². The van der Waals surface area contributed by atoms with Crippen molar-refractivity contribution >= 4 is 36.4 Å². The van der Waals surface area contributed by atoms with Gasteiger partial charge in [0.1, 0.15) is 30.7 Å². The number of esters is 1. The molecule has 2 unspecified atom stereocenters. The maximum Gasteiger partial charge on any atom is 0.305 e. The second-order valence-electron chi connectivity index (χ2n) is 11.9. The molecule has 4 N–H and O–H groups in total. The van der Waals surface area contributed by atoms with Crippen LogP contribution >= 0.6 is 24.6 Å². The van der Waals surface area contributed by atoms with Crippen LogP contribution in [0.25, 0.3) is 0 Å². The van der Waals surface area contributed by atoms with Crippen LogP contribution in [0.3, 0.4) is 0 Å². The summed E-state index contributed by atoms with van der Waals surface area (Å²) in [5, 5.41) is 20.8. The normalized spacial score (nSPS) is 20.9. The summed E-state index contributed by atoms with van der Waals surface area (Å²) in [6, 6.07) is 1.51. The van der Waals surface area contributed by atoms with Crippen molar-refractivity contribution in [1.29, 1.82) is 0 Å². The van der Waals surface area contributed by atoms with Crippen LogP contribution in [0, 0.1) is 4.77 Å². The van der Waals surface area contributed by atoms with Gasteiger partial charge in [-0.25, -0.2) is 4.98 Å². The minimum absolute atomic E-state index is 0. The first-order valence-electron chi connectivity index (χ1n) is 17.4. The van der Waals surface area contributed by atoms with Crippen molar-refractivity contribution < 1.29 is 25.9 Å². The van der Waals surface area contributed by atoms with Gasteiger partial charge in [-0.05, 0) is 24.7 Å². The van der Waals surface area contributed by atoms with E-state index in [4.69, 9.17) is 28.8 Å². The smallest absolute Gasteiger partial charge is 0.305 e. The van der Waals surface area contributed by atoms with Gasteiger partial charge in [0.2, 0.25) is 4.77 Å². The first kappa shape index (κ1) is 37.9. The Morgan fingerprint density at radius 1 is 0.884 bits per heavy atom. The SMILES string of the molecule is Cl.[2H]C(CCCCCCCCCCCCCCCCCCCCCC)C(=O)OC[C@H]1OC(n2ccc(N)nc2=S)[C@@H](O)[C@@H]1O. The number of anilines is 1. The zero-order chi connectivity index (χ0) is 31.3. The molecule has 1 aliphatic heterocycles. The maximum atomic E-state index is 12.3. The van der Waals surface area contributed by atoms with Gasteiger partial charge in [0.05, 0.1) is 0 Å². The summed E-state index contributed by atoms with van der Waals surface area (Å²) in [7, 11) is 0. The molecule has 0 amide bonds. The van der Waals surface area contributed by atoms with E-state index in [9.17, 15) is 15.0 Å². The predicted octanol–water partition coefficient (Wildman–Crippen LogP) is 8.38. The summed E-state index contributed by atoms with van der Waals surface area (Å²) >= 11 is 5.16. The van der Waals surface area contributed by atoms with Crippen molar-refractivity contribution in [2.75, 3.05) is 12.3 Å². The maximum absolute atomic E-state index is 12.3. The van der Waals surface area contributed by atoms with Crippen LogP contribution in [0.1, 0.15) is 156 Å². The second-order valence-corrected chi connectivity index (χ2v) is 12.3. The molecular weight excluding hydrogens is 586 g/mol. The number of aliphatic hydroxyl groups excluding tert-OH is 2. The Balaban J connectivity index is 0.00000968. The van der Waals surface area contributed by atoms with Gasteiger partial charge in [0.25, 0.3) is 0 Å². The van der Waals surface area contributed by atoms with Crippen LogP contribution in [-0.4, -0.2) is 50.7 Å². The number of carbonyl (C=O) groups excluding carboxylic acids is 1. The van der Waals surface area contributed by atoms with E-state index in [-0.39, 0.29) is 29.6 Å². The summed E-state index contributed by atoms with van der Waals surface area (Å²) < 4.78 is 20.6. The van der Waals surface area contributed by atoms with Crippen molar-refractivity contribution in [3.63, 3.8) is 0 Å². The topological polar surface area (TPSA) is 120 Å². The van der Waals surface area contributed by atoms with Crippen LogP contribution < -0.4 is 5.73 Å². The Hall–Kier alpha value is -1.26. The Bertz CT molecular complexity index is 943. The number of halogens is 1. The van der Waals surface area contributed by atoms with Gasteiger partial charge in [-0.15, -0.1) is 12.4 Å². The first-order valence-corrected chi connectivity index (χ1v) is 17.2. The summed E-state index contributed by atoms with van der Waals surface area (Å²) in [4.78, 5) is 16.3. The molecule has 1 fully saturated rings. The third kappa shape index (κ3) is 17.1. The molecular formula is C33H60ClN3O5S. The number of carbonyl (C=O) groups is 1. The summed E-state index contributed by atoms with van der Waals surface area (Å²) in [6.07, 6.45) is 22.8. The number of aromatic nitrogens is 2. The fraction of sp³-hybridized carbons (Fsp3) is 0.848. The average molecular weight is 647 g/mol. The van der Waals surface area contributed by atoms with Crippen LogP contribution in [0.5, 0.6) is 0 Å². The Kier molecular flexibility index (Phi) is 22.0. The number of nitrogen functional groups attached to an aromatic ring is 1. The van der Waals surface area contributed by atoms with Gasteiger partial charge in [0.15, 0.2) is 6.23 Å². The molecule has 0 spiro atoms. The van der Waals surface area contributed by atoms with Gasteiger partial charge in [-0.1, -0.05) is 135 Å². The molecule has 0 saturated carbocycles. The lowest BCUT2D eigenvalue weighted by Gasteiger charge is -2.18. The first-order chi connectivity index (χ1) is 20.8. The lowest BCUT2D eigenvalue weighted by molar-refractivity contribution is -0.150. The molecule has 43 heavy (non-hydrogen) atoms. The molecule has 1 aromatic heterocycles. The molecule has 1 saturated heterocycles. The highest BCUT2D eigenvalue weighted by Gasteiger charge is 2.44. The third-order valence-electron chi connectivity index (χ3n) is 8.22. The van der Waals surface area contributed by atoms with E-state index >= 15 is 0 Å². The lowest BCUT2D eigenvalue weighted by Crippen LogP contribution is -2.34. The quantitative estimate of drug-likeness (QED) is 0.0550. The minimum Gasteiger partial charge on any atom is -0.463 e. The van der Waals surface area contributed by atoms with E-state index in [2.05, 4.69) is 11.9 Å². The van der Waals surface area contributed by atoms with Gasteiger partial charge >= 0.3 is 5.97 Å². The molecule has 1 aliphatic rings. The van der Waals surface area contributed by atoms with E-state index in [0.29, 0.717) is 6.42 Å². The van der Waals surface area contributed by atoms with Crippen LogP contribution in [0.4, 0.5) is 5.82 Å². The number of ether oxygens (including phenoxy) is 2. The fourth-order valence-corrected chi connectivity index (χ4v) is 5.83. The third-order valence-corrected chi connectivity index (χ3v) is 8.52. The molecule has 2 heterocycles. The van der Waals surface area contributed by atoms with Crippen LogP contribution in [0.2, 0.25) is 0 Å². The number of nitrogens with two attached hydrogens (primary N) is 1. The minimum atomic E-state index is -1.28. The molecule has 250 valence electrons. The molecule has 10 heteroatoms. The second kappa shape index (κ2) is 25.0. The Morgan fingerprint density at radius 2 is 1.33 bits per heavy atom. The van der Waals surface area contributed by atoms with Gasteiger partial charge in [0, 0.05) is 14.0 Å². The number of rotatable bonds is 25. The van der Waals surface area contributed by atoms with Crippen LogP contribution in [0.15, 0.2) is 12.3 Å². The van der Waals surface area contributed by atoms with E-state index in [1.165, 1.54) is 126 Å². The molecule has 1 aromatic rings. The molecule has 0 aliphatic carbocycles.